The Labute approximate surface area is 168 Å². The van der Waals surface area contributed by atoms with Crippen LogP contribution in [0, 0.1) is 5.82 Å². The van der Waals surface area contributed by atoms with Crippen LogP contribution in [0.3, 0.4) is 0 Å². The van der Waals surface area contributed by atoms with E-state index in [-0.39, 0.29) is 23.9 Å². The van der Waals surface area contributed by atoms with Crippen LogP contribution in [-0.4, -0.2) is 57.8 Å². The van der Waals surface area contributed by atoms with E-state index in [4.69, 9.17) is 0 Å². The van der Waals surface area contributed by atoms with Crippen molar-refractivity contribution in [2.24, 2.45) is 0 Å². The van der Waals surface area contributed by atoms with Gasteiger partial charge in [0.15, 0.2) is 5.75 Å². The molecule has 6 nitrogen and oxygen atoms in total. The number of hydrogen-bond donors (Lipinski definition) is 3. The standard InChI is InChI=1S/C22H24FN3O3/c1-14-12-25(8-7-24-14)13-20(27)26-19-10-16(9-15-5-3-2-4-6-15)18(23)11-17(19)21(28)22(26)29/h2-6,10-11,14,24,28-29H,7-9,12-13H2,1H3/t14-/m1/s1. The van der Waals surface area contributed by atoms with Crippen LogP contribution in [0.15, 0.2) is 42.5 Å². The minimum absolute atomic E-state index is 0.105. The van der Waals surface area contributed by atoms with Gasteiger partial charge in [-0.25, -0.2) is 8.96 Å². The number of nitrogens with zero attached hydrogens (tertiary/aromatic N) is 2. The van der Waals surface area contributed by atoms with E-state index in [2.05, 4.69) is 5.32 Å². The number of halogens is 1. The minimum Gasteiger partial charge on any atom is -0.503 e. The molecule has 152 valence electrons. The Bertz CT molecular complexity index is 1050. The lowest BCUT2D eigenvalue weighted by Gasteiger charge is -2.31. The van der Waals surface area contributed by atoms with Gasteiger partial charge in [0.25, 0.3) is 0 Å². The van der Waals surface area contributed by atoms with E-state index in [1.807, 2.05) is 42.2 Å². The van der Waals surface area contributed by atoms with Crippen LogP contribution in [-0.2, 0) is 6.42 Å². The van der Waals surface area contributed by atoms with Gasteiger partial charge in [0.1, 0.15) is 5.82 Å². The number of benzene rings is 2. The predicted molar refractivity (Wildman–Crippen MR) is 109 cm³/mol. The molecule has 0 amide bonds. The highest BCUT2D eigenvalue weighted by atomic mass is 19.1. The number of carbonyl (C=O) groups excluding carboxylic acids is 1. The second kappa shape index (κ2) is 7.85. The zero-order valence-corrected chi connectivity index (χ0v) is 16.2. The fourth-order valence-electron chi connectivity index (χ4n) is 3.94. The Balaban J connectivity index is 1.70. The molecule has 2 heterocycles. The maximum atomic E-state index is 14.6. The molecule has 0 radical (unpaired) electrons. The van der Waals surface area contributed by atoms with Crippen molar-refractivity contribution in [1.82, 2.24) is 14.8 Å². The van der Waals surface area contributed by atoms with Crippen molar-refractivity contribution in [1.29, 1.82) is 0 Å². The van der Waals surface area contributed by atoms with Crippen LogP contribution in [0.4, 0.5) is 4.39 Å². The van der Waals surface area contributed by atoms with Gasteiger partial charge < -0.3 is 15.5 Å². The maximum Gasteiger partial charge on any atom is 0.248 e. The van der Waals surface area contributed by atoms with Crippen LogP contribution >= 0.6 is 0 Å². The van der Waals surface area contributed by atoms with Crippen molar-refractivity contribution in [2.75, 3.05) is 26.2 Å². The summed E-state index contributed by atoms with van der Waals surface area (Å²) in [6.45, 7) is 4.36. The first-order valence-electron chi connectivity index (χ1n) is 9.71. The Morgan fingerprint density at radius 2 is 2.00 bits per heavy atom. The molecule has 0 spiro atoms. The molecular weight excluding hydrogens is 373 g/mol. The first-order chi connectivity index (χ1) is 13.9. The van der Waals surface area contributed by atoms with Crippen LogP contribution in [0.1, 0.15) is 22.8 Å². The summed E-state index contributed by atoms with van der Waals surface area (Å²) in [5.41, 5.74) is 1.63. The second-order valence-corrected chi connectivity index (χ2v) is 7.61. The number of nitrogens with one attached hydrogen (secondary N) is 1. The number of aromatic nitrogens is 1. The molecule has 1 aromatic heterocycles. The van der Waals surface area contributed by atoms with Crippen molar-refractivity contribution in [3.05, 3.63) is 59.4 Å². The third-order valence-electron chi connectivity index (χ3n) is 5.38. The average molecular weight is 397 g/mol. The number of rotatable bonds is 4. The normalized spacial score (nSPS) is 17.7. The van der Waals surface area contributed by atoms with Crippen LogP contribution in [0.2, 0.25) is 0 Å². The van der Waals surface area contributed by atoms with Crippen molar-refractivity contribution in [3.63, 3.8) is 0 Å². The highest BCUT2D eigenvalue weighted by molar-refractivity contribution is 6.00. The average Bonchev–Trinajstić information content (AvgIpc) is 2.93. The molecule has 3 N–H and O–H groups in total. The van der Waals surface area contributed by atoms with Crippen molar-refractivity contribution in [2.45, 2.75) is 19.4 Å². The van der Waals surface area contributed by atoms with E-state index < -0.39 is 17.4 Å². The highest BCUT2D eigenvalue weighted by Crippen LogP contribution is 2.38. The van der Waals surface area contributed by atoms with Crippen LogP contribution < -0.4 is 5.32 Å². The largest absolute Gasteiger partial charge is 0.503 e. The molecule has 0 bridgehead atoms. The van der Waals surface area contributed by atoms with E-state index in [1.54, 1.807) is 0 Å². The fraction of sp³-hybridized carbons (Fsp3) is 0.318. The summed E-state index contributed by atoms with van der Waals surface area (Å²) in [4.78, 5) is 15.0. The summed E-state index contributed by atoms with van der Waals surface area (Å²) in [7, 11) is 0. The van der Waals surface area contributed by atoms with Gasteiger partial charge in [-0.2, -0.15) is 0 Å². The molecule has 29 heavy (non-hydrogen) atoms. The van der Waals surface area contributed by atoms with E-state index in [0.29, 0.717) is 24.0 Å². The van der Waals surface area contributed by atoms with Gasteiger partial charge in [-0.3, -0.25) is 9.69 Å². The van der Waals surface area contributed by atoms with E-state index in [0.717, 1.165) is 23.2 Å². The van der Waals surface area contributed by atoms with Gasteiger partial charge >= 0.3 is 0 Å². The lowest BCUT2D eigenvalue weighted by Crippen LogP contribution is -2.50. The van der Waals surface area contributed by atoms with Crippen molar-refractivity contribution < 1.29 is 19.4 Å². The van der Waals surface area contributed by atoms with Gasteiger partial charge in [0.05, 0.1) is 12.1 Å². The summed E-state index contributed by atoms with van der Waals surface area (Å²) in [6.07, 6.45) is 0.346. The Morgan fingerprint density at radius 3 is 2.72 bits per heavy atom. The van der Waals surface area contributed by atoms with E-state index in [9.17, 15) is 19.4 Å². The quantitative estimate of drug-likeness (QED) is 0.631. The maximum absolute atomic E-state index is 14.6. The summed E-state index contributed by atoms with van der Waals surface area (Å²) in [5.74, 6) is -1.88. The van der Waals surface area contributed by atoms with Gasteiger partial charge in [-0.1, -0.05) is 30.3 Å². The number of carbonyl (C=O) groups is 1. The molecule has 0 unspecified atom stereocenters. The topological polar surface area (TPSA) is 77.7 Å². The van der Waals surface area contributed by atoms with Gasteiger partial charge in [-0.05, 0) is 30.2 Å². The molecule has 1 aliphatic rings. The molecule has 4 rings (SSSR count). The zero-order chi connectivity index (χ0) is 20.5. The zero-order valence-electron chi connectivity index (χ0n) is 16.2. The second-order valence-electron chi connectivity index (χ2n) is 7.61. The highest BCUT2D eigenvalue weighted by Gasteiger charge is 2.25. The summed E-state index contributed by atoms with van der Waals surface area (Å²) >= 11 is 0. The lowest BCUT2D eigenvalue weighted by atomic mass is 10.0. The van der Waals surface area contributed by atoms with Gasteiger partial charge in [0, 0.05) is 37.5 Å². The van der Waals surface area contributed by atoms with Crippen molar-refractivity contribution >= 4 is 16.8 Å². The summed E-state index contributed by atoms with van der Waals surface area (Å²) < 4.78 is 15.7. The van der Waals surface area contributed by atoms with Gasteiger partial charge in [-0.15, -0.1) is 0 Å². The summed E-state index contributed by atoms with van der Waals surface area (Å²) in [6, 6.07) is 12.4. The number of fused-ring (bicyclic) bond motifs is 1. The molecule has 2 aromatic carbocycles. The molecule has 1 aliphatic heterocycles. The number of aromatic hydroxyl groups is 2. The SMILES string of the molecule is C[C@@H]1CN(CC(=O)n2c(O)c(O)c3cc(F)c(Cc4ccccc4)cc32)CCN1. The first-order valence-corrected chi connectivity index (χ1v) is 9.71. The minimum atomic E-state index is -0.551. The summed E-state index contributed by atoms with van der Waals surface area (Å²) in [5, 5.41) is 24.1. The Kier molecular flexibility index (Phi) is 5.25. The molecule has 1 atom stereocenters. The fourth-order valence-corrected chi connectivity index (χ4v) is 3.94. The molecule has 1 fully saturated rings. The lowest BCUT2D eigenvalue weighted by molar-refractivity contribution is 0.0821. The molecule has 3 aromatic rings. The molecule has 1 saturated heterocycles. The Morgan fingerprint density at radius 1 is 1.24 bits per heavy atom. The molecular formula is C22H24FN3O3. The monoisotopic (exact) mass is 397 g/mol. The van der Waals surface area contributed by atoms with E-state index in [1.165, 1.54) is 12.1 Å². The third-order valence-corrected chi connectivity index (χ3v) is 5.38. The third kappa shape index (κ3) is 3.83. The number of hydrogen-bond acceptors (Lipinski definition) is 5. The van der Waals surface area contributed by atoms with Crippen LogP contribution in [0.25, 0.3) is 10.9 Å². The molecule has 0 aliphatic carbocycles. The molecule has 7 heteroatoms. The van der Waals surface area contributed by atoms with Crippen molar-refractivity contribution in [3.8, 4) is 11.6 Å². The smallest absolute Gasteiger partial charge is 0.248 e. The van der Waals surface area contributed by atoms with Gasteiger partial charge in [0.2, 0.25) is 11.8 Å². The van der Waals surface area contributed by atoms with E-state index >= 15 is 0 Å². The molecule has 0 saturated carbocycles. The van der Waals surface area contributed by atoms with Crippen LogP contribution in [0.5, 0.6) is 11.6 Å². The first kappa shape index (κ1) is 19.4. The Hall–Kier alpha value is -2.90. The number of piperazine rings is 1. The predicted octanol–water partition coefficient (Wildman–Crippen LogP) is 2.72.